The minimum Gasteiger partial charge on any atom is -0.494 e. The number of sulfonamides is 1. The molecule has 4 aromatic rings. The lowest BCUT2D eigenvalue weighted by Gasteiger charge is -2.15. The van der Waals surface area contributed by atoms with Crippen LogP contribution in [-0.2, 0) is 14.8 Å². The quantitative estimate of drug-likeness (QED) is 0.391. The van der Waals surface area contributed by atoms with Crippen molar-refractivity contribution in [1.29, 1.82) is 0 Å². The molecule has 2 N–H and O–H groups in total. The molecule has 2 heterocycles. The van der Waals surface area contributed by atoms with E-state index in [1.165, 1.54) is 48.0 Å². The Morgan fingerprint density at radius 1 is 1.09 bits per heavy atom. The van der Waals surface area contributed by atoms with Gasteiger partial charge in [0, 0.05) is 25.1 Å². The number of likely N-dealkylation sites (N-methyl/N-ethyl adjacent to an activating group) is 1. The smallest absolute Gasteiger partial charge is 0.264 e. The summed E-state index contributed by atoms with van der Waals surface area (Å²) in [7, 11) is -0.480. The third kappa shape index (κ3) is 5.18. The van der Waals surface area contributed by atoms with Gasteiger partial charge >= 0.3 is 0 Å². The Hall–Kier alpha value is -3.77. The van der Waals surface area contributed by atoms with Crippen LogP contribution in [0.3, 0.4) is 0 Å². The molecule has 0 radical (unpaired) electrons. The maximum Gasteiger partial charge on any atom is 0.264 e. The second kappa shape index (κ2) is 9.38. The van der Waals surface area contributed by atoms with Crippen molar-refractivity contribution in [3.05, 3.63) is 60.9 Å². The van der Waals surface area contributed by atoms with Gasteiger partial charge in [0.2, 0.25) is 11.9 Å². The van der Waals surface area contributed by atoms with E-state index >= 15 is 0 Å². The average molecular weight is 485 g/mol. The molecule has 0 aliphatic carbocycles. The van der Waals surface area contributed by atoms with Crippen LogP contribution in [0.4, 0.5) is 16.8 Å². The molecule has 0 aliphatic heterocycles. The Morgan fingerprint density at radius 3 is 2.52 bits per heavy atom. The highest BCUT2D eigenvalue weighted by atomic mass is 32.2. The molecular formula is C21H20N6O4S2. The number of hydrogen-bond acceptors (Lipinski definition) is 9. The summed E-state index contributed by atoms with van der Waals surface area (Å²) in [5.74, 6) is 0.386. The van der Waals surface area contributed by atoms with E-state index in [2.05, 4.69) is 25.0 Å². The lowest BCUT2D eigenvalue weighted by atomic mass is 10.3. The number of nitrogens with zero attached hydrogens (tertiary/aromatic N) is 4. The van der Waals surface area contributed by atoms with Crippen molar-refractivity contribution in [2.24, 2.45) is 0 Å². The molecule has 0 unspecified atom stereocenters. The van der Waals surface area contributed by atoms with Crippen molar-refractivity contribution in [1.82, 2.24) is 15.0 Å². The molecular weight excluding hydrogens is 464 g/mol. The summed E-state index contributed by atoms with van der Waals surface area (Å²) in [6.07, 6.45) is 2.87. The number of thiazole rings is 1. The molecule has 0 aliphatic rings. The Kier molecular flexibility index (Phi) is 6.38. The monoisotopic (exact) mass is 484 g/mol. The summed E-state index contributed by atoms with van der Waals surface area (Å²) in [5.41, 5.74) is 1.22. The van der Waals surface area contributed by atoms with Gasteiger partial charge in [0.05, 0.1) is 23.2 Å². The first-order valence-corrected chi connectivity index (χ1v) is 12.0. The van der Waals surface area contributed by atoms with E-state index in [4.69, 9.17) is 4.74 Å². The highest BCUT2D eigenvalue weighted by Crippen LogP contribution is 2.33. The van der Waals surface area contributed by atoms with Crippen LogP contribution in [0.2, 0.25) is 0 Å². The van der Waals surface area contributed by atoms with Gasteiger partial charge in [0.25, 0.3) is 10.0 Å². The zero-order valence-corrected chi connectivity index (χ0v) is 19.4. The van der Waals surface area contributed by atoms with E-state index in [1.807, 2.05) is 18.2 Å². The van der Waals surface area contributed by atoms with Gasteiger partial charge in [-0.1, -0.05) is 17.4 Å². The van der Waals surface area contributed by atoms with E-state index in [0.29, 0.717) is 16.6 Å². The van der Waals surface area contributed by atoms with Crippen molar-refractivity contribution in [2.75, 3.05) is 35.6 Å². The van der Waals surface area contributed by atoms with Crippen LogP contribution in [0.25, 0.3) is 10.2 Å². The van der Waals surface area contributed by atoms with E-state index in [-0.39, 0.29) is 23.3 Å². The Balaban J connectivity index is 1.39. The number of hydrogen-bond donors (Lipinski definition) is 2. The number of anilines is 3. The van der Waals surface area contributed by atoms with Crippen molar-refractivity contribution >= 4 is 54.3 Å². The molecule has 0 saturated carbocycles. The van der Waals surface area contributed by atoms with Gasteiger partial charge in [-0.3, -0.25) is 4.79 Å². The van der Waals surface area contributed by atoms with Crippen LogP contribution in [0.1, 0.15) is 0 Å². The molecule has 1 amide bonds. The summed E-state index contributed by atoms with van der Waals surface area (Å²) in [6.45, 7) is 0.0646. The molecule has 4 rings (SSSR count). The normalized spacial score (nSPS) is 11.2. The molecule has 0 atom stereocenters. The number of carbonyl (C=O) groups excluding carboxylic acids is 1. The van der Waals surface area contributed by atoms with Gasteiger partial charge in [0.15, 0.2) is 5.13 Å². The number of nitrogens with one attached hydrogen (secondary N) is 2. The number of aromatic nitrogens is 3. The fourth-order valence-electron chi connectivity index (χ4n) is 2.97. The first-order valence-electron chi connectivity index (χ1n) is 9.70. The zero-order chi connectivity index (χ0) is 23.4. The molecule has 0 bridgehead atoms. The molecule has 0 spiro atoms. The lowest BCUT2D eigenvalue weighted by Crippen LogP contribution is -2.29. The van der Waals surface area contributed by atoms with Gasteiger partial charge in [-0.2, -0.15) is 0 Å². The number of amides is 1. The van der Waals surface area contributed by atoms with E-state index in [0.717, 1.165) is 10.2 Å². The summed E-state index contributed by atoms with van der Waals surface area (Å²) >= 11 is 1.46. The highest BCUT2D eigenvalue weighted by molar-refractivity contribution is 7.92. The number of methoxy groups -OCH3 is 1. The Labute approximate surface area is 194 Å². The average Bonchev–Trinajstić information content (AvgIpc) is 3.24. The maximum atomic E-state index is 12.5. The molecule has 0 saturated heterocycles. The largest absolute Gasteiger partial charge is 0.494 e. The van der Waals surface area contributed by atoms with Crippen molar-refractivity contribution < 1.29 is 17.9 Å². The topological polar surface area (TPSA) is 126 Å². The molecule has 12 heteroatoms. The summed E-state index contributed by atoms with van der Waals surface area (Å²) in [4.78, 5) is 26.5. The highest BCUT2D eigenvalue weighted by Gasteiger charge is 2.17. The number of ether oxygens (including phenoxy) is 1. The fourth-order valence-corrected chi connectivity index (χ4v) is 4.87. The van der Waals surface area contributed by atoms with Crippen LogP contribution in [-0.4, -0.2) is 50.0 Å². The van der Waals surface area contributed by atoms with E-state index < -0.39 is 10.0 Å². The summed E-state index contributed by atoms with van der Waals surface area (Å²) < 4.78 is 33.5. The number of carbonyl (C=O) groups is 1. The zero-order valence-electron chi connectivity index (χ0n) is 17.7. The van der Waals surface area contributed by atoms with Gasteiger partial charge in [-0.05, 0) is 42.5 Å². The maximum absolute atomic E-state index is 12.5. The molecule has 33 heavy (non-hydrogen) atoms. The third-order valence-corrected chi connectivity index (χ3v) is 7.02. The number of fused-ring (bicyclic) bond motifs is 1. The second-order valence-corrected chi connectivity index (χ2v) is 9.60. The van der Waals surface area contributed by atoms with Crippen LogP contribution in [0, 0.1) is 0 Å². The first-order chi connectivity index (χ1) is 15.9. The molecule has 0 fully saturated rings. The van der Waals surface area contributed by atoms with Crippen molar-refractivity contribution in [3.8, 4) is 5.75 Å². The Bertz CT molecular complexity index is 1380. The molecule has 2 aromatic carbocycles. The van der Waals surface area contributed by atoms with Gasteiger partial charge in [0.1, 0.15) is 11.3 Å². The second-order valence-electron chi connectivity index (χ2n) is 6.91. The van der Waals surface area contributed by atoms with Gasteiger partial charge < -0.3 is 15.0 Å². The van der Waals surface area contributed by atoms with Crippen LogP contribution >= 0.6 is 11.3 Å². The SMILES string of the molecule is COc1cccc2sc(N(C)CC(=O)Nc3ccc(S(=O)(=O)Nc4ncccn4)cc3)nc12. The van der Waals surface area contributed by atoms with Crippen LogP contribution < -0.4 is 19.7 Å². The molecule has 2 aromatic heterocycles. The van der Waals surface area contributed by atoms with E-state index in [1.54, 1.807) is 25.1 Å². The fraction of sp³-hybridized carbons (Fsp3) is 0.143. The Morgan fingerprint density at radius 2 is 1.82 bits per heavy atom. The molecule has 170 valence electrons. The minimum atomic E-state index is -3.85. The number of rotatable bonds is 8. The standard InChI is InChI=1S/C21H20N6O4S2/c1-27(21-25-19-16(31-2)5-3-6-17(19)32-21)13-18(28)24-14-7-9-15(10-8-14)33(29,30)26-20-22-11-4-12-23-20/h3-12H,13H2,1-2H3,(H,24,28)(H,22,23,26). The first kappa shape index (κ1) is 22.4. The van der Waals surface area contributed by atoms with Gasteiger partial charge in [-0.25, -0.2) is 28.1 Å². The molecule has 10 nitrogen and oxygen atoms in total. The van der Waals surface area contributed by atoms with Crippen molar-refractivity contribution in [2.45, 2.75) is 4.90 Å². The predicted octanol–water partition coefficient (Wildman–Crippen LogP) is 2.97. The van der Waals surface area contributed by atoms with Crippen LogP contribution in [0.5, 0.6) is 5.75 Å². The number of benzene rings is 2. The predicted molar refractivity (Wildman–Crippen MR) is 127 cm³/mol. The van der Waals surface area contributed by atoms with Gasteiger partial charge in [-0.15, -0.1) is 0 Å². The van der Waals surface area contributed by atoms with Crippen LogP contribution in [0.15, 0.2) is 65.8 Å². The lowest BCUT2D eigenvalue weighted by molar-refractivity contribution is -0.114. The third-order valence-electron chi connectivity index (χ3n) is 4.54. The van der Waals surface area contributed by atoms with E-state index in [9.17, 15) is 13.2 Å². The summed E-state index contributed by atoms with van der Waals surface area (Å²) in [5, 5.41) is 3.44. The number of para-hydroxylation sites is 1. The summed E-state index contributed by atoms with van der Waals surface area (Å²) in [6, 6.07) is 13.1. The van der Waals surface area contributed by atoms with Crippen molar-refractivity contribution in [3.63, 3.8) is 0 Å². The minimum absolute atomic E-state index is 0.0218.